The lowest BCUT2D eigenvalue weighted by Gasteiger charge is -2.26. The number of nitrogens with zero attached hydrogens (tertiary/aromatic N) is 3. The molecule has 1 aliphatic rings. The Morgan fingerprint density at radius 1 is 0.841 bits per heavy atom. The first-order valence-electron chi connectivity index (χ1n) is 14.4. The van der Waals surface area contributed by atoms with Crippen LogP contribution in [0, 0.1) is 6.92 Å². The van der Waals surface area contributed by atoms with Gasteiger partial charge in [0.05, 0.1) is 38.1 Å². The summed E-state index contributed by atoms with van der Waals surface area (Å²) in [4.78, 5) is 68.5. The fourth-order valence-electron chi connectivity index (χ4n) is 6.66. The van der Waals surface area contributed by atoms with Crippen molar-refractivity contribution in [2.24, 2.45) is 7.05 Å². The van der Waals surface area contributed by atoms with Gasteiger partial charge in [0.2, 0.25) is 0 Å². The van der Waals surface area contributed by atoms with Crippen LogP contribution in [-0.4, -0.2) is 40.6 Å². The second-order valence-corrected chi connectivity index (χ2v) is 11.4. The summed E-state index contributed by atoms with van der Waals surface area (Å²) in [5, 5.41) is 18.4. The monoisotopic (exact) mass is 592 g/mol. The first kappa shape index (κ1) is 27.3. The number of rotatable bonds is 4. The Balaban J connectivity index is 1.59. The molecule has 3 aromatic carbocycles. The van der Waals surface area contributed by atoms with Crippen LogP contribution in [0.3, 0.4) is 0 Å². The van der Waals surface area contributed by atoms with Crippen LogP contribution in [0.5, 0.6) is 0 Å². The van der Waals surface area contributed by atoms with E-state index in [2.05, 4.69) is 19.9 Å². The molecule has 4 N–H and O–H groups in total. The van der Waals surface area contributed by atoms with E-state index in [0.29, 0.717) is 33.6 Å². The highest BCUT2D eigenvalue weighted by molar-refractivity contribution is 6.08. The number of hydrogen-bond donors (Lipinski definition) is 4. The van der Waals surface area contributed by atoms with Gasteiger partial charge in [0, 0.05) is 24.2 Å². The summed E-state index contributed by atoms with van der Waals surface area (Å²) in [5.74, 6) is -0.603. The minimum atomic E-state index is -1.15. The first-order valence-corrected chi connectivity index (χ1v) is 14.4. The Morgan fingerprint density at radius 3 is 2.20 bits per heavy atom. The highest BCUT2D eigenvalue weighted by Gasteiger charge is 2.28. The smallest absolute Gasteiger partial charge is 0.336 e. The fourth-order valence-corrected chi connectivity index (χ4v) is 6.66. The van der Waals surface area contributed by atoms with Crippen LogP contribution in [0.4, 0.5) is 0 Å². The summed E-state index contributed by atoms with van der Waals surface area (Å²) in [7, 11) is 1.49. The number of aromatic nitrogens is 6. The van der Waals surface area contributed by atoms with Gasteiger partial charge in [-0.15, -0.1) is 0 Å². The number of carbonyl (C=O) groups is 1. The maximum absolute atomic E-state index is 12.9. The molecule has 0 atom stereocenters. The summed E-state index contributed by atoms with van der Waals surface area (Å²) in [6, 6.07) is 11.6. The highest BCUT2D eigenvalue weighted by atomic mass is 16.4. The SMILES string of the molecule is Cc1cc2c(nc(-c3ccc4c(=O)n(C)[nH]c(=O)c4c3)n2C2CCCCC2)c(-c2ccc3c(=O)[nH][nH]c(=O)c3c2)c1C(=O)O. The normalized spacial score (nSPS) is 14.1. The van der Waals surface area contributed by atoms with Gasteiger partial charge in [-0.1, -0.05) is 31.4 Å². The van der Waals surface area contributed by atoms with Gasteiger partial charge < -0.3 is 9.67 Å². The molecule has 1 saturated carbocycles. The van der Waals surface area contributed by atoms with Crippen LogP contribution in [0.2, 0.25) is 0 Å². The van der Waals surface area contributed by atoms with Crippen molar-refractivity contribution in [3.05, 3.63) is 95.0 Å². The zero-order chi connectivity index (χ0) is 30.9. The van der Waals surface area contributed by atoms with Crippen LogP contribution in [0.1, 0.15) is 54.1 Å². The maximum atomic E-state index is 12.9. The fraction of sp³-hybridized carbons (Fsp3) is 0.250. The van der Waals surface area contributed by atoms with Gasteiger partial charge in [-0.25, -0.2) is 9.78 Å². The van der Waals surface area contributed by atoms with E-state index in [1.165, 1.54) is 19.2 Å². The predicted octanol–water partition coefficient (Wildman–Crippen LogP) is 3.95. The van der Waals surface area contributed by atoms with Gasteiger partial charge in [0.15, 0.2) is 0 Å². The second kappa shape index (κ2) is 10.0. The summed E-state index contributed by atoms with van der Waals surface area (Å²) < 4.78 is 3.28. The summed E-state index contributed by atoms with van der Waals surface area (Å²) in [6.07, 6.45) is 4.97. The van der Waals surface area contributed by atoms with Crippen molar-refractivity contribution in [3.63, 3.8) is 0 Å². The number of carboxylic acid groups (broad SMARTS) is 1. The van der Waals surface area contributed by atoms with Crippen molar-refractivity contribution in [3.8, 4) is 22.5 Å². The number of aromatic carboxylic acids is 1. The molecular formula is C32H28N6O6. The molecule has 6 aromatic rings. The molecule has 0 radical (unpaired) electrons. The lowest BCUT2D eigenvalue weighted by molar-refractivity contribution is 0.0697. The van der Waals surface area contributed by atoms with E-state index in [9.17, 15) is 29.1 Å². The standard InChI is InChI=1S/C32H28N6O6/c1-15-12-23-26(25(24(15)32(43)44)16-8-10-19-21(13-16)29(40)35-34-28(19)39)33-27(38(23)18-6-4-3-5-7-18)17-9-11-20-22(14-17)30(41)36-37(2)31(20)42/h8-14,18H,3-7H2,1-2H3,(H,34,39)(H,35,40)(H,36,41)(H,43,44). The van der Waals surface area contributed by atoms with Gasteiger partial charge in [-0.2, -0.15) is 0 Å². The molecule has 222 valence electrons. The number of hydrogen-bond acceptors (Lipinski definition) is 6. The third kappa shape index (κ3) is 4.13. The van der Waals surface area contributed by atoms with Crippen LogP contribution in [0.25, 0.3) is 55.1 Å². The molecule has 44 heavy (non-hydrogen) atoms. The number of H-pyrrole nitrogens is 3. The summed E-state index contributed by atoms with van der Waals surface area (Å²) in [5.41, 5.74) is 1.35. The molecule has 1 fully saturated rings. The van der Waals surface area contributed by atoms with Gasteiger partial charge >= 0.3 is 5.97 Å². The van der Waals surface area contributed by atoms with E-state index >= 15 is 0 Å². The molecule has 12 nitrogen and oxygen atoms in total. The highest BCUT2D eigenvalue weighted by Crippen LogP contribution is 2.41. The third-order valence-corrected chi connectivity index (χ3v) is 8.75. The molecule has 1 aliphatic carbocycles. The lowest BCUT2D eigenvalue weighted by atomic mass is 9.92. The number of aromatic amines is 3. The van der Waals surface area contributed by atoms with Crippen molar-refractivity contribution >= 4 is 38.5 Å². The maximum Gasteiger partial charge on any atom is 0.336 e. The van der Waals surface area contributed by atoms with Gasteiger partial charge in [-0.3, -0.25) is 39.2 Å². The molecule has 12 heteroatoms. The van der Waals surface area contributed by atoms with Crippen molar-refractivity contribution in [2.75, 3.05) is 0 Å². The topological polar surface area (TPSA) is 176 Å². The largest absolute Gasteiger partial charge is 0.478 e. The Morgan fingerprint density at radius 2 is 1.48 bits per heavy atom. The Labute approximate surface area is 247 Å². The molecule has 7 rings (SSSR count). The molecule has 0 spiro atoms. The first-order chi connectivity index (χ1) is 21.1. The third-order valence-electron chi connectivity index (χ3n) is 8.75. The van der Waals surface area contributed by atoms with E-state index in [4.69, 9.17) is 4.98 Å². The van der Waals surface area contributed by atoms with Crippen molar-refractivity contribution in [2.45, 2.75) is 45.1 Å². The molecule has 3 heterocycles. The molecule has 0 saturated heterocycles. The Bertz CT molecular complexity index is 2420. The van der Waals surface area contributed by atoms with Gasteiger partial charge in [0.1, 0.15) is 5.82 Å². The quantitative estimate of drug-likeness (QED) is 0.240. The Hall–Kier alpha value is -5.52. The molecular weight excluding hydrogens is 564 g/mol. The van der Waals surface area contributed by atoms with Gasteiger partial charge in [-0.05, 0) is 61.2 Å². The van der Waals surface area contributed by atoms with E-state index in [0.717, 1.165) is 42.3 Å². The average molecular weight is 593 g/mol. The summed E-state index contributed by atoms with van der Waals surface area (Å²) in [6.45, 7) is 1.73. The van der Waals surface area contributed by atoms with Crippen LogP contribution < -0.4 is 22.2 Å². The lowest BCUT2D eigenvalue weighted by Crippen LogP contribution is -2.27. The number of fused-ring (bicyclic) bond motifs is 3. The molecule has 0 unspecified atom stereocenters. The second-order valence-electron chi connectivity index (χ2n) is 11.4. The van der Waals surface area contributed by atoms with E-state index < -0.39 is 22.6 Å². The predicted molar refractivity (Wildman–Crippen MR) is 167 cm³/mol. The van der Waals surface area contributed by atoms with Crippen LogP contribution >= 0.6 is 0 Å². The Kier molecular flexibility index (Phi) is 6.23. The van der Waals surface area contributed by atoms with Crippen LogP contribution in [-0.2, 0) is 7.05 Å². The molecule has 0 aliphatic heterocycles. The number of imidazole rings is 1. The number of nitrogens with one attached hydrogen (secondary N) is 3. The summed E-state index contributed by atoms with van der Waals surface area (Å²) >= 11 is 0. The minimum absolute atomic E-state index is 0.0383. The zero-order valence-corrected chi connectivity index (χ0v) is 24.0. The van der Waals surface area contributed by atoms with Crippen molar-refractivity contribution < 1.29 is 9.90 Å². The average Bonchev–Trinajstić information content (AvgIpc) is 3.40. The zero-order valence-electron chi connectivity index (χ0n) is 24.0. The number of aryl methyl sites for hydroxylation is 2. The van der Waals surface area contributed by atoms with Crippen LogP contribution in [0.15, 0.2) is 61.6 Å². The van der Waals surface area contributed by atoms with Crippen molar-refractivity contribution in [1.29, 1.82) is 0 Å². The van der Waals surface area contributed by atoms with E-state index in [1.54, 1.807) is 31.2 Å². The molecule has 3 aromatic heterocycles. The molecule has 0 bridgehead atoms. The number of carboxylic acids is 1. The minimum Gasteiger partial charge on any atom is -0.478 e. The molecule has 0 amide bonds. The van der Waals surface area contributed by atoms with Crippen molar-refractivity contribution in [1.82, 2.24) is 29.5 Å². The van der Waals surface area contributed by atoms with E-state index in [1.807, 2.05) is 6.07 Å². The van der Waals surface area contributed by atoms with Gasteiger partial charge in [0.25, 0.3) is 22.2 Å². The number of benzene rings is 3. The van der Waals surface area contributed by atoms with E-state index in [-0.39, 0.29) is 38.7 Å².